The molecule has 2 N–H and O–H groups in total. The van der Waals surface area contributed by atoms with Crippen LogP contribution in [-0.2, 0) is 9.53 Å². The van der Waals surface area contributed by atoms with Gasteiger partial charge >= 0.3 is 5.97 Å². The zero-order valence-electron chi connectivity index (χ0n) is 11.7. The van der Waals surface area contributed by atoms with Gasteiger partial charge in [0.15, 0.2) is 0 Å². The van der Waals surface area contributed by atoms with Crippen molar-refractivity contribution in [1.82, 2.24) is 0 Å². The van der Waals surface area contributed by atoms with Crippen molar-refractivity contribution in [2.45, 2.75) is 32.6 Å². The first-order valence-corrected chi connectivity index (χ1v) is 6.66. The maximum atomic E-state index is 12.2. The third-order valence-corrected chi connectivity index (χ3v) is 4.47. The van der Waals surface area contributed by atoms with Gasteiger partial charge < -0.3 is 10.5 Å². The van der Waals surface area contributed by atoms with Crippen LogP contribution in [0.4, 0.5) is 0 Å². The molecule has 2 atom stereocenters. The van der Waals surface area contributed by atoms with E-state index in [1.165, 1.54) is 7.11 Å². The molecule has 0 heterocycles. The molecule has 20 heavy (non-hydrogen) atoms. The molecular weight excluding hydrogens is 254 g/mol. The van der Waals surface area contributed by atoms with Gasteiger partial charge in [0.1, 0.15) is 6.07 Å². The molecule has 5 nitrogen and oxygen atoms in total. The first kappa shape index (κ1) is 14.1. The summed E-state index contributed by atoms with van der Waals surface area (Å²) < 4.78 is 4.79. The number of nitrogens with two attached hydrogens (primary N) is 1. The first-order valence-electron chi connectivity index (χ1n) is 6.66. The summed E-state index contributed by atoms with van der Waals surface area (Å²) in [7, 11) is 1.23. The Labute approximate surface area is 118 Å². The lowest BCUT2D eigenvalue weighted by atomic mass is 9.62. The van der Waals surface area contributed by atoms with E-state index in [0.29, 0.717) is 5.57 Å². The molecule has 0 aromatic heterocycles. The van der Waals surface area contributed by atoms with Crippen LogP contribution >= 0.6 is 0 Å². The highest BCUT2D eigenvalue weighted by molar-refractivity contribution is 5.87. The summed E-state index contributed by atoms with van der Waals surface area (Å²) in [5, 5.41) is 19.0. The van der Waals surface area contributed by atoms with E-state index in [-0.39, 0.29) is 11.6 Å². The lowest BCUT2D eigenvalue weighted by Crippen LogP contribution is -2.46. The highest BCUT2D eigenvalue weighted by atomic mass is 16.5. The van der Waals surface area contributed by atoms with E-state index in [2.05, 4.69) is 6.07 Å². The zero-order valence-corrected chi connectivity index (χ0v) is 11.7. The summed E-state index contributed by atoms with van der Waals surface area (Å²) in [4.78, 5) is 12.2. The van der Waals surface area contributed by atoms with Gasteiger partial charge in [-0.25, -0.2) is 4.79 Å². The summed E-state index contributed by atoms with van der Waals surface area (Å²) in [5.74, 6) is -1.04. The van der Waals surface area contributed by atoms with E-state index in [9.17, 15) is 15.3 Å². The Kier molecular flexibility index (Phi) is 3.55. The number of hydrogen-bond acceptors (Lipinski definition) is 5. The van der Waals surface area contributed by atoms with Crippen molar-refractivity contribution in [2.24, 2.45) is 17.1 Å². The third kappa shape index (κ3) is 1.63. The van der Waals surface area contributed by atoms with Gasteiger partial charge in [0.05, 0.1) is 24.4 Å². The van der Waals surface area contributed by atoms with Crippen LogP contribution in [-0.4, -0.2) is 13.1 Å². The number of allylic oxidation sites excluding steroid dienone is 3. The van der Waals surface area contributed by atoms with Gasteiger partial charge in [-0.15, -0.1) is 0 Å². The highest BCUT2D eigenvalue weighted by Crippen LogP contribution is 2.50. The Balaban J connectivity index is 2.73. The molecule has 0 bridgehead atoms. The number of hydrogen-bond donors (Lipinski definition) is 1. The lowest BCUT2D eigenvalue weighted by molar-refractivity contribution is -0.149. The Morgan fingerprint density at radius 2 is 2.05 bits per heavy atom. The second kappa shape index (κ2) is 5.02. The van der Waals surface area contributed by atoms with Gasteiger partial charge in [-0.3, -0.25) is 0 Å². The van der Waals surface area contributed by atoms with Crippen molar-refractivity contribution < 1.29 is 9.53 Å². The Morgan fingerprint density at radius 1 is 1.40 bits per heavy atom. The van der Waals surface area contributed by atoms with Crippen LogP contribution in [0.3, 0.4) is 0 Å². The van der Waals surface area contributed by atoms with Crippen molar-refractivity contribution in [3.8, 4) is 12.1 Å². The molecule has 0 aromatic carbocycles. The predicted molar refractivity (Wildman–Crippen MR) is 71.5 cm³/mol. The Morgan fingerprint density at radius 3 is 2.60 bits per heavy atom. The number of nitrogens with zero attached hydrogens (tertiary/aromatic N) is 2. The van der Waals surface area contributed by atoms with Crippen LogP contribution in [0.25, 0.3) is 0 Å². The first-order chi connectivity index (χ1) is 9.54. The highest BCUT2D eigenvalue weighted by Gasteiger charge is 2.53. The minimum Gasteiger partial charge on any atom is -0.468 e. The van der Waals surface area contributed by atoms with Crippen LogP contribution in [0.1, 0.15) is 32.6 Å². The molecule has 0 aliphatic heterocycles. The molecule has 0 amide bonds. The van der Waals surface area contributed by atoms with Crippen LogP contribution in [0.15, 0.2) is 22.4 Å². The number of methoxy groups -OCH3 is 1. The van der Waals surface area contributed by atoms with Crippen molar-refractivity contribution >= 4 is 5.97 Å². The molecule has 0 radical (unpaired) electrons. The van der Waals surface area contributed by atoms with Crippen molar-refractivity contribution in [2.75, 3.05) is 7.11 Å². The van der Waals surface area contributed by atoms with Gasteiger partial charge in [0.25, 0.3) is 0 Å². The Hall–Kier alpha value is -2.27. The molecule has 2 rings (SSSR count). The maximum Gasteiger partial charge on any atom is 0.333 e. The normalized spacial score (nSPS) is 29.3. The van der Waals surface area contributed by atoms with E-state index in [0.717, 1.165) is 36.8 Å². The van der Waals surface area contributed by atoms with Gasteiger partial charge in [0, 0.05) is 5.92 Å². The van der Waals surface area contributed by atoms with Crippen molar-refractivity contribution in [3.05, 3.63) is 22.4 Å². The molecule has 0 saturated heterocycles. The molecule has 2 unspecified atom stereocenters. The Bertz CT molecular complexity index is 604. The molecule has 2 aliphatic rings. The van der Waals surface area contributed by atoms with Crippen molar-refractivity contribution in [1.29, 1.82) is 10.5 Å². The van der Waals surface area contributed by atoms with E-state index >= 15 is 0 Å². The van der Waals surface area contributed by atoms with Gasteiger partial charge in [-0.1, -0.05) is 12.5 Å². The topological polar surface area (TPSA) is 99.9 Å². The molecule has 104 valence electrons. The molecular formula is C15H17N3O2. The van der Waals surface area contributed by atoms with Crippen LogP contribution in [0, 0.1) is 34.0 Å². The maximum absolute atomic E-state index is 12.2. The summed E-state index contributed by atoms with van der Waals surface area (Å²) in [5.41, 5.74) is 6.76. The largest absolute Gasteiger partial charge is 0.468 e. The fraction of sp³-hybridized carbons (Fsp3) is 0.533. The smallest absolute Gasteiger partial charge is 0.333 e. The number of carbonyl (C=O) groups excluding carboxylic acids is 1. The van der Waals surface area contributed by atoms with Gasteiger partial charge in [-0.2, -0.15) is 10.5 Å². The molecule has 0 spiro atoms. The average Bonchev–Trinajstić information content (AvgIpc) is 2.48. The monoisotopic (exact) mass is 271 g/mol. The van der Waals surface area contributed by atoms with Crippen LogP contribution in [0.5, 0.6) is 0 Å². The third-order valence-electron chi connectivity index (χ3n) is 4.47. The SMILES string of the molecule is COC(=O)C1(C#N)C(N)=C(C#N)C2=C(CCCC2)C1C. The lowest BCUT2D eigenvalue weighted by Gasteiger charge is -2.39. The van der Waals surface area contributed by atoms with Crippen molar-refractivity contribution in [3.63, 3.8) is 0 Å². The van der Waals surface area contributed by atoms with E-state index in [4.69, 9.17) is 10.5 Å². The number of nitriles is 2. The molecule has 2 aliphatic carbocycles. The average molecular weight is 271 g/mol. The minimum atomic E-state index is -1.57. The number of rotatable bonds is 1. The molecule has 5 heteroatoms. The van der Waals surface area contributed by atoms with Gasteiger partial charge in [-0.05, 0) is 31.3 Å². The predicted octanol–water partition coefficient (Wildman–Crippen LogP) is 1.93. The van der Waals surface area contributed by atoms with Crippen LogP contribution in [0.2, 0.25) is 0 Å². The van der Waals surface area contributed by atoms with Crippen LogP contribution < -0.4 is 5.73 Å². The fourth-order valence-electron chi connectivity index (χ4n) is 3.32. The summed E-state index contributed by atoms with van der Waals surface area (Å²) in [6.07, 6.45) is 3.59. The fourth-order valence-corrected chi connectivity index (χ4v) is 3.32. The number of ether oxygens (including phenoxy) is 1. The number of carbonyl (C=O) groups is 1. The van der Waals surface area contributed by atoms with E-state index in [1.54, 1.807) is 0 Å². The zero-order chi connectivity index (χ0) is 14.9. The minimum absolute atomic E-state index is 0.0440. The molecule has 0 saturated carbocycles. The molecule has 0 fully saturated rings. The quantitative estimate of drug-likeness (QED) is 0.734. The second-order valence-corrected chi connectivity index (χ2v) is 5.24. The van der Waals surface area contributed by atoms with E-state index in [1.807, 2.05) is 13.0 Å². The van der Waals surface area contributed by atoms with Gasteiger partial charge in [0.2, 0.25) is 5.41 Å². The second-order valence-electron chi connectivity index (χ2n) is 5.24. The van der Waals surface area contributed by atoms with E-state index < -0.39 is 11.4 Å². The standard InChI is InChI=1S/C15H17N3O2/c1-9-10-5-3-4-6-11(10)12(7-16)13(18)15(9,8-17)14(19)20-2/h9H,3-6,18H2,1-2H3. The summed E-state index contributed by atoms with van der Waals surface area (Å²) in [6.45, 7) is 1.82. The number of esters is 1. The summed E-state index contributed by atoms with van der Waals surface area (Å²) in [6, 6.07) is 4.10. The summed E-state index contributed by atoms with van der Waals surface area (Å²) >= 11 is 0. The molecule has 0 aromatic rings.